The summed E-state index contributed by atoms with van der Waals surface area (Å²) in [6.45, 7) is 10.9. The monoisotopic (exact) mass is 352 g/mol. The molecule has 1 aliphatic rings. The van der Waals surface area contributed by atoms with Gasteiger partial charge in [-0.15, -0.1) is 0 Å². The Hall–Kier alpha value is -2.13. The molecular weight excluding hydrogens is 320 g/mol. The summed E-state index contributed by atoms with van der Waals surface area (Å²) in [6.07, 6.45) is 11.8. The molecule has 1 heterocycles. The lowest BCUT2D eigenvalue weighted by Gasteiger charge is -2.38. The number of anilines is 1. The fourth-order valence-corrected chi connectivity index (χ4v) is 3.59. The van der Waals surface area contributed by atoms with Crippen LogP contribution in [0.15, 0.2) is 66.8 Å². The van der Waals surface area contributed by atoms with E-state index in [0.717, 1.165) is 44.6 Å². The van der Waals surface area contributed by atoms with E-state index in [1.54, 1.807) is 0 Å². The third-order valence-electron chi connectivity index (χ3n) is 4.96. The number of benzene rings is 1. The normalized spacial score (nSPS) is 16.8. The first-order chi connectivity index (χ1) is 12.7. The molecule has 0 aromatic heterocycles. The SMILES string of the molecule is C=C/C=C(\C=C/C)CCN1CCC(N(C(=O)CC)c2ccccc2)CC1. The van der Waals surface area contributed by atoms with Crippen LogP contribution in [0.5, 0.6) is 0 Å². The van der Waals surface area contributed by atoms with E-state index in [9.17, 15) is 4.79 Å². The molecule has 1 aromatic carbocycles. The average Bonchev–Trinajstić information content (AvgIpc) is 2.68. The maximum atomic E-state index is 12.5. The molecule has 1 saturated heterocycles. The molecule has 0 aliphatic carbocycles. The predicted octanol–water partition coefficient (Wildman–Crippen LogP) is 4.97. The van der Waals surface area contributed by atoms with Crippen LogP contribution in [-0.4, -0.2) is 36.5 Å². The predicted molar refractivity (Wildman–Crippen MR) is 111 cm³/mol. The number of amides is 1. The lowest BCUT2D eigenvalue weighted by atomic mass is 10.0. The summed E-state index contributed by atoms with van der Waals surface area (Å²) >= 11 is 0. The van der Waals surface area contributed by atoms with Crippen molar-refractivity contribution in [3.63, 3.8) is 0 Å². The summed E-state index contributed by atoms with van der Waals surface area (Å²) in [6, 6.07) is 10.4. The van der Waals surface area contributed by atoms with Gasteiger partial charge >= 0.3 is 0 Å². The molecule has 3 heteroatoms. The van der Waals surface area contributed by atoms with Crippen molar-refractivity contribution < 1.29 is 4.79 Å². The van der Waals surface area contributed by atoms with Gasteiger partial charge in [0, 0.05) is 37.8 Å². The molecule has 0 spiro atoms. The molecule has 0 atom stereocenters. The van der Waals surface area contributed by atoms with Crippen molar-refractivity contribution in [2.24, 2.45) is 0 Å². The van der Waals surface area contributed by atoms with Gasteiger partial charge in [-0.25, -0.2) is 0 Å². The number of carbonyl (C=O) groups excluding carboxylic acids is 1. The Morgan fingerprint density at radius 2 is 1.96 bits per heavy atom. The fraction of sp³-hybridized carbons (Fsp3) is 0.435. The zero-order valence-corrected chi connectivity index (χ0v) is 16.2. The average molecular weight is 353 g/mol. The van der Waals surface area contributed by atoms with Crippen LogP contribution < -0.4 is 4.90 Å². The van der Waals surface area contributed by atoms with Crippen molar-refractivity contribution in [3.05, 3.63) is 66.8 Å². The largest absolute Gasteiger partial charge is 0.309 e. The first kappa shape index (κ1) is 20.2. The number of hydrogen-bond donors (Lipinski definition) is 0. The molecule has 3 nitrogen and oxygen atoms in total. The van der Waals surface area contributed by atoms with Crippen LogP contribution in [0.2, 0.25) is 0 Å². The van der Waals surface area contributed by atoms with E-state index >= 15 is 0 Å². The van der Waals surface area contributed by atoms with E-state index < -0.39 is 0 Å². The van der Waals surface area contributed by atoms with Gasteiger partial charge in [0.25, 0.3) is 0 Å². The van der Waals surface area contributed by atoms with Gasteiger partial charge in [-0.1, -0.05) is 56.0 Å². The van der Waals surface area contributed by atoms with E-state index in [4.69, 9.17) is 0 Å². The van der Waals surface area contributed by atoms with Crippen LogP contribution in [0.4, 0.5) is 5.69 Å². The molecule has 1 aromatic rings. The number of nitrogens with zero attached hydrogens (tertiary/aromatic N) is 2. The Labute approximate surface area is 158 Å². The quantitative estimate of drug-likeness (QED) is 0.617. The molecule has 2 rings (SSSR count). The zero-order chi connectivity index (χ0) is 18.8. The van der Waals surface area contributed by atoms with Crippen LogP contribution in [0, 0.1) is 0 Å². The lowest BCUT2D eigenvalue weighted by Crippen LogP contribution is -2.47. The Balaban J connectivity index is 1.94. The zero-order valence-electron chi connectivity index (χ0n) is 16.2. The van der Waals surface area contributed by atoms with Gasteiger partial charge in [-0.2, -0.15) is 0 Å². The molecule has 0 N–H and O–H groups in total. The van der Waals surface area contributed by atoms with E-state index in [1.165, 1.54) is 5.57 Å². The smallest absolute Gasteiger partial charge is 0.226 e. The molecule has 26 heavy (non-hydrogen) atoms. The maximum absolute atomic E-state index is 12.5. The van der Waals surface area contributed by atoms with Gasteiger partial charge in [0.2, 0.25) is 5.91 Å². The minimum atomic E-state index is 0.221. The highest BCUT2D eigenvalue weighted by Crippen LogP contribution is 2.25. The van der Waals surface area contributed by atoms with Gasteiger partial charge in [0.1, 0.15) is 0 Å². The minimum absolute atomic E-state index is 0.221. The minimum Gasteiger partial charge on any atom is -0.309 e. The number of rotatable bonds is 8. The summed E-state index contributed by atoms with van der Waals surface area (Å²) in [5.74, 6) is 0.221. The van der Waals surface area contributed by atoms with Gasteiger partial charge in [0.05, 0.1) is 0 Å². The van der Waals surface area contributed by atoms with Crippen molar-refractivity contribution in [2.45, 2.75) is 45.6 Å². The summed E-state index contributed by atoms with van der Waals surface area (Å²) in [5, 5.41) is 0. The number of para-hydroxylation sites is 1. The van der Waals surface area contributed by atoms with Crippen molar-refractivity contribution >= 4 is 11.6 Å². The third-order valence-corrected chi connectivity index (χ3v) is 4.96. The van der Waals surface area contributed by atoms with Crippen molar-refractivity contribution in [1.82, 2.24) is 4.90 Å². The van der Waals surface area contributed by atoms with Crippen LogP contribution in [0.3, 0.4) is 0 Å². The Morgan fingerprint density at radius 3 is 2.54 bits per heavy atom. The number of carbonyl (C=O) groups is 1. The number of likely N-dealkylation sites (tertiary alicyclic amines) is 1. The number of hydrogen-bond acceptors (Lipinski definition) is 2. The molecular formula is C23H32N2O. The molecule has 140 valence electrons. The van der Waals surface area contributed by atoms with Gasteiger partial charge in [-0.3, -0.25) is 4.79 Å². The van der Waals surface area contributed by atoms with E-state index in [-0.39, 0.29) is 5.91 Å². The van der Waals surface area contributed by atoms with Crippen LogP contribution >= 0.6 is 0 Å². The summed E-state index contributed by atoms with van der Waals surface area (Å²) in [7, 11) is 0. The van der Waals surface area contributed by atoms with E-state index in [0.29, 0.717) is 12.5 Å². The molecule has 1 fully saturated rings. The fourth-order valence-electron chi connectivity index (χ4n) is 3.59. The molecule has 1 amide bonds. The lowest BCUT2D eigenvalue weighted by molar-refractivity contribution is -0.119. The summed E-state index contributed by atoms with van der Waals surface area (Å²) < 4.78 is 0. The van der Waals surface area contributed by atoms with Gasteiger partial charge in [0.15, 0.2) is 0 Å². The molecule has 1 aliphatic heterocycles. The second kappa shape index (κ2) is 10.8. The third kappa shape index (κ3) is 5.70. The van der Waals surface area contributed by atoms with Crippen molar-refractivity contribution in [1.29, 1.82) is 0 Å². The highest BCUT2D eigenvalue weighted by molar-refractivity contribution is 5.93. The Kier molecular flexibility index (Phi) is 8.36. The van der Waals surface area contributed by atoms with Crippen molar-refractivity contribution in [2.75, 3.05) is 24.5 Å². The number of piperidine rings is 1. The number of allylic oxidation sites excluding steroid dienone is 4. The topological polar surface area (TPSA) is 23.6 Å². The highest BCUT2D eigenvalue weighted by atomic mass is 16.2. The summed E-state index contributed by atoms with van der Waals surface area (Å²) in [5.41, 5.74) is 2.35. The second-order valence-electron chi connectivity index (χ2n) is 6.75. The van der Waals surface area contributed by atoms with Crippen molar-refractivity contribution in [3.8, 4) is 0 Å². The van der Waals surface area contributed by atoms with Crippen LogP contribution in [-0.2, 0) is 4.79 Å². The second-order valence-corrected chi connectivity index (χ2v) is 6.75. The molecule has 0 radical (unpaired) electrons. The molecule has 0 unspecified atom stereocenters. The highest BCUT2D eigenvalue weighted by Gasteiger charge is 2.28. The maximum Gasteiger partial charge on any atom is 0.226 e. The Bertz CT molecular complexity index is 625. The summed E-state index contributed by atoms with van der Waals surface area (Å²) in [4.78, 5) is 17.1. The molecule has 0 saturated carbocycles. The first-order valence-corrected chi connectivity index (χ1v) is 9.73. The molecule has 0 bridgehead atoms. The van der Waals surface area contributed by atoms with Gasteiger partial charge in [-0.05, 0) is 43.9 Å². The van der Waals surface area contributed by atoms with Crippen LogP contribution in [0.1, 0.15) is 39.5 Å². The van der Waals surface area contributed by atoms with E-state index in [2.05, 4.69) is 29.7 Å². The van der Waals surface area contributed by atoms with Gasteiger partial charge < -0.3 is 9.80 Å². The standard InChI is InChI=1S/C23H32N2O/c1-4-10-20(11-5-2)14-17-24-18-15-22(16-19-24)25(23(26)6-3)21-12-8-7-9-13-21/h4-5,7-13,22H,1,6,14-19H2,2-3H3/b11-5-,20-10+. The van der Waals surface area contributed by atoms with E-state index in [1.807, 2.05) is 55.2 Å². The first-order valence-electron chi connectivity index (χ1n) is 9.73. The Morgan fingerprint density at radius 1 is 1.27 bits per heavy atom. The van der Waals surface area contributed by atoms with Crippen LogP contribution in [0.25, 0.3) is 0 Å².